The molecule has 0 amide bonds. The molecule has 3 heteroatoms. The van der Waals surface area contributed by atoms with Gasteiger partial charge in [-0.2, -0.15) is 0 Å². The Morgan fingerprint density at radius 3 is 2.62 bits per heavy atom. The zero-order valence-electron chi connectivity index (χ0n) is 5.35. The number of unbranched alkanes of at least 4 members (excludes halogenated alkanes) is 1. The van der Waals surface area contributed by atoms with Gasteiger partial charge in [-0.1, -0.05) is 24.1 Å². The molecular formula is C5H12OS2. The van der Waals surface area contributed by atoms with Gasteiger partial charge in [0.25, 0.3) is 0 Å². The van der Waals surface area contributed by atoms with Crippen molar-refractivity contribution >= 4 is 20.6 Å². The van der Waals surface area contributed by atoms with Gasteiger partial charge in [0.05, 0.1) is 9.83 Å². The molecular weight excluding hydrogens is 140 g/mol. The summed E-state index contributed by atoms with van der Waals surface area (Å²) in [5.74, 6) is 1.04. The van der Waals surface area contributed by atoms with Crippen molar-refractivity contribution in [2.75, 3.05) is 12.0 Å². The first kappa shape index (κ1) is 8.50. The van der Waals surface area contributed by atoms with Crippen LogP contribution in [0.2, 0.25) is 0 Å². The Kier molecular flexibility index (Phi) is 5.99. The lowest BCUT2D eigenvalue weighted by molar-refractivity contribution is 0.694. The van der Waals surface area contributed by atoms with Crippen LogP contribution >= 0.6 is 10.8 Å². The Morgan fingerprint density at radius 1 is 1.62 bits per heavy atom. The topological polar surface area (TPSA) is 17.1 Å². The van der Waals surface area contributed by atoms with E-state index in [2.05, 4.69) is 6.92 Å². The minimum Gasteiger partial charge on any atom is -0.248 e. The smallest absolute Gasteiger partial charge is 0.0772 e. The molecule has 0 aliphatic carbocycles. The van der Waals surface area contributed by atoms with Crippen LogP contribution in [-0.4, -0.2) is 16.2 Å². The van der Waals surface area contributed by atoms with Crippen molar-refractivity contribution in [1.29, 1.82) is 0 Å². The molecule has 0 heterocycles. The second kappa shape index (κ2) is 5.63. The van der Waals surface area contributed by atoms with Gasteiger partial charge in [-0.15, -0.1) is 0 Å². The molecule has 0 aliphatic rings. The Morgan fingerprint density at radius 2 is 2.25 bits per heavy atom. The largest absolute Gasteiger partial charge is 0.248 e. The zero-order chi connectivity index (χ0) is 6.41. The predicted octanol–water partition coefficient (Wildman–Crippen LogP) is 1.81. The van der Waals surface area contributed by atoms with Crippen molar-refractivity contribution in [2.45, 2.75) is 19.8 Å². The molecule has 1 nitrogen and oxygen atoms in total. The highest BCUT2D eigenvalue weighted by Crippen LogP contribution is 2.06. The first-order chi connectivity index (χ1) is 3.77. The lowest BCUT2D eigenvalue weighted by atomic mass is 10.4. The highest BCUT2D eigenvalue weighted by Gasteiger charge is 1.88. The average Bonchev–Trinajstić information content (AvgIpc) is 1.66. The standard InChI is InChI=1S/C5H12OS2/c1-3-4-5-7-8(2)6/h3-5H2,1-2H3/t8-/m0/s1. The van der Waals surface area contributed by atoms with Gasteiger partial charge in [-0.05, 0) is 6.42 Å². The molecule has 0 spiro atoms. The molecule has 50 valence electrons. The van der Waals surface area contributed by atoms with Crippen molar-refractivity contribution in [1.82, 2.24) is 0 Å². The van der Waals surface area contributed by atoms with Crippen molar-refractivity contribution in [3.8, 4) is 0 Å². The molecule has 8 heavy (non-hydrogen) atoms. The molecule has 0 aromatic heterocycles. The molecule has 0 rings (SSSR count). The Hall–Kier alpha value is 0.500. The predicted molar refractivity (Wildman–Crippen MR) is 41.4 cm³/mol. The summed E-state index contributed by atoms with van der Waals surface area (Å²) in [4.78, 5) is 0. The number of rotatable bonds is 4. The quantitative estimate of drug-likeness (QED) is 0.451. The van der Waals surface area contributed by atoms with E-state index in [1.165, 1.54) is 23.6 Å². The van der Waals surface area contributed by atoms with Gasteiger partial charge in [0, 0.05) is 12.0 Å². The molecule has 0 aromatic carbocycles. The zero-order valence-corrected chi connectivity index (χ0v) is 6.98. The minimum atomic E-state index is -0.650. The van der Waals surface area contributed by atoms with Crippen LogP contribution in [-0.2, 0) is 9.83 Å². The number of hydrogen-bond donors (Lipinski definition) is 0. The third kappa shape index (κ3) is 6.50. The van der Waals surface area contributed by atoms with Crippen molar-refractivity contribution in [3.05, 3.63) is 0 Å². The van der Waals surface area contributed by atoms with E-state index in [4.69, 9.17) is 0 Å². The summed E-state index contributed by atoms with van der Waals surface area (Å²) < 4.78 is 10.4. The lowest BCUT2D eigenvalue weighted by Gasteiger charge is -1.91. The van der Waals surface area contributed by atoms with Crippen LogP contribution in [0.25, 0.3) is 0 Å². The molecule has 0 fully saturated rings. The normalized spacial score (nSPS) is 13.8. The molecule has 0 saturated carbocycles. The molecule has 0 radical (unpaired) electrons. The van der Waals surface area contributed by atoms with Crippen LogP contribution in [0, 0.1) is 0 Å². The van der Waals surface area contributed by atoms with E-state index in [0.29, 0.717) is 0 Å². The van der Waals surface area contributed by atoms with E-state index in [9.17, 15) is 4.21 Å². The van der Waals surface area contributed by atoms with Crippen LogP contribution in [0.1, 0.15) is 19.8 Å². The van der Waals surface area contributed by atoms with Crippen molar-refractivity contribution in [2.24, 2.45) is 0 Å². The fourth-order valence-corrected chi connectivity index (χ4v) is 2.02. The van der Waals surface area contributed by atoms with Gasteiger partial charge in [-0.25, -0.2) is 4.21 Å². The molecule has 0 aliphatic heterocycles. The van der Waals surface area contributed by atoms with Crippen molar-refractivity contribution < 1.29 is 4.21 Å². The van der Waals surface area contributed by atoms with Crippen LogP contribution in [0.4, 0.5) is 0 Å². The molecule has 0 aromatic rings. The number of hydrogen-bond acceptors (Lipinski definition) is 2. The summed E-state index contributed by atoms with van der Waals surface area (Å²) in [5.41, 5.74) is 0. The summed E-state index contributed by atoms with van der Waals surface area (Å²) in [7, 11) is 0.878. The van der Waals surface area contributed by atoms with E-state index in [1.807, 2.05) is 0 Å². The van der Waals surface area contributed by atoms with Gasteiger partial charge in [0.1, 0.15) is 0 Å². The van der Waals surface area contributed by atoms with Crippen LogP contribution in [0.15, 0.2) is 0 Å². The summed E-state index contributed by atoms with van der Waals surface area (Å²) in [6.07, 6.45) is 4.11. The van der Waals surface area contributed by atoms with Gasteiger partial charge in [0.2, 0.25) is 0 Å². The van der Waals surface area contributed by atoms with Gasteiger partial charge in [-0.3, -0.25) is 0 Å². The Labute approximate surface area is 57.1 Å². The van der Waals surface area contributed by atoms with E-state index >= 15 is 0 Å². The fraction of sp³-hybridized carbons (Fsp3) is 1.00. The van der Waals surface area contributed by atoms with E-state index < -0.39 is 9.83 Å². The Bertz CT molecular complexity index is 72.8. The highest BCUT2D eigenvalue weighted by molar-refractivity contribution is 8.68. The van der Waals surface area contributed by atoms with Crippen LogP contribution in [0.3, 0.4) is 0 Å². The summed E-state index contributed by atoms with van der Waals surface area (Å²) in [6.45, 7) is 2.14. The average molecular weight is 152 g/mol. The summed E-state index contributed by atoms with van der Waals surface area (Å²) in [5, 5.41) is 0. The van der Waals surface area contributed by atoms with Crippen LogP contribution < -0.4 is 0 Å². The third-order valence-corrected chi connectivity index (χ3v) is 3.03. The lowest BCUT2D eigenvalue weighted by Crippen LogP contribution is -1.80. The first-order valence-electron chi connectivity index (χ1n) is 2.74. The van der Waals surface area contributed by atoms with Crippen molar-refractivity contribution in [3.63, 3.8) is 0 Å². The fourth-order valence-electron chi connectivity index (χ4n) is 0.321. The maximum atomic E-state index is 10.4. The maximum Gasteiger partial charge on any atom is 0.0772 e. The van der Waals surface area contributed by atoms with Gasteiger partial charge < -0.3 is 0 Å². The highest BCUT2D eigenvalue weighted by atomic mass is 33.1. The first-order valence-corrected chi connectivity index (χ1v) is 5.80. The summed E-state index contributed by atoms with van der Waals surface area (Å²) >= 11 is 0. The molecule has 0 saturated heterocycles. The molecule has 0 bridgehead atoms. The molecule has 1 atom stereocenters. The third-order valence-electron chi connectivity index (χ3n) is 0.747. The molecule has 0 N–H and O–H groups in total. The van der Waals surface area contributed by atoms with Gasteiger partial charge >= 0.3 is 0 Å². The second-order valence-electron chi connectivity index (χ2n) is 1.58. The molecule has 0 unspecified atom stereocenters. The minimum absolute atomic E-state index is 0.650. The second-order valence-corrected chi connectivity index (χ2v) is 5.14. The SMILES string of the molecule is CCCCS[S@@](C)=O. The monoisotopic (exact) mass is 152 g/mol. The van der Waals surface area contributed by atoms with E-state index in [-0.39, 0.29) is 0 Å². The van der Waals surface area contributed by atoms with Crippen LogP contribution in [0.5, 0.6) is 0 Å². The maximum absolute atomic E-state index is 10.4. The van der Waals surface area contributed by atoms with Gasteiger partial charge in [0.15, 0.2) is 0 Å². The van der Waals surface area contributed by atoms with E-state index in [1.54, 1.807) is 6.26 Å². The summed E-state index contributed by atoms with van der Waals surface area (Å²) in [6, 6.07) is 0. The van der Waals surface area contributed by atoms with E-state index in [0.717, 1.165) is 5.75 Å². The Balaban J connectivity index is 2.82.